The van der Waals surface area contributed by atoms with Gasteiger partial charge in [-0.2, -0.15) is 13.2 Å². The Morgan fingerprint density at radius 2 is 1.84 bits per heavy atom. The number of hydrogen-bond acceptors (Lipinski definition) is 6. The molecular weight excluding hydrogens is 447 g/mol. The van der Waals surface area contributed by atoms with Crippen molar-refractivity contribution in [3.63, 3.8) is 0 Å². The minimum absolute atomic E-state index is 0.0836. The van der Waals surface area contributed by atoms with Crippen LogP contribution in [0.2, 0.25) is 0 Å². The lowest BCUT2D eigenvalue weighted by atomic mass is 10.1. The number of carbonyl (C=O) groups excluding carboxylic acids is 2. The molecule has 0 aliphatic heterocycles. The number of hydrogen-bond donors (Lipinski definition) is 1. The van der Waals surface area contributed by atoms with Crippen molar-refractivity contribution in [2.45, 2.75) is 19.0 Å². The van der Waals surface area contributed by atoms with Crippen molar-refractivity contribution in [2.24, 2.45) is 0 Å². The largest absolute Gasteiger partial charge is 0.416 e. The van der Waals surface area contributed by atoms with Crippen LogP contribution in [0.3, 0.4) is 0 Å². The van der Waals surface area contributed by atoms with E-state index in [1.54, 1.807) is 23.0 Å². The topological polar surface area (TPSA) is 72.0 Å². The number of alkyl halides is 3. The van der Waals surface area contributed by atoms with Crippen molar-refractivity contribution < 1.29 is 22.8 Å². The van der Waals surface area contributed by atoms with Crippen molar-refractivity contribution >= 4 is 49.7 Å². The lowest BCUT2D eigenvalue weighted by Gasteiger charge is -2.08. The van der Waals surface area contributed by atoms with Crippen LogP contribution in [0.15, 0.2) is 53.4 Å². The number of amides is 1. The summed E-state index contributed by atoms with van der Waals surface area (Å²) in [5, 5.41) is 4.67. The third kappa shape index (κ3) is 5.15. The molecular formula is C21H14F3N3O2S2. The summed E-state index contributed by atoms with van der Waals surface area (Å²) in [6, 6.07) is 10.1. The van der Waals surface area contributed by atoms with Gasteiger partial charge < -0.3 is 5.32 Å². The lowest BCUT2D eigenvalue weighted by molar-refractivity contribution is -0.137. The van der Waals surface area contributed by atoms with Gasteiger partial charge in [0.05, 0.1) is 27.7 Å². The Bertz CT molecular complexity index is 1250. The Kier molecular flexibility index (Phi) is 5.84. The molecule has 2 heterocycles. The average molecular weight is 461 g/mol. The number of benzene rings is 2. The van der Waals surface area contributed by atoms with Crippen LogP contribution in [0.25, 0.3) is 10.2 Å². The summed E-state index contributed by atoms with van der Waals surface area (Å²) in [5.74, 6) is -0.544. The molecule has 0 aliphatic carbocycles. The number of fused-ring (bicyclic) bond motifs is 1. The van der Waals surface area contributed by atoms with Crippen LogP contribution >= 0.6 is 22.7 Å². The van der Waals surface area contributed by atoms with Crippen molar-refractivity contribution in [3.8, 4) is 0 Å². The molecule has 1 amide bonds. The predicted molar refractivity (Wildman–Crippen MR) is 114 cm³/mol. The number of anilines is 1. The van der Waals surface area contributed by atoms with Crippen LogP contribution < -0.4 is 5.32 Å². The van der Waals surface area contributed by atoms with E-state index in [1.807, 2.05) is 6.07 Å². The van der Waals surface area contributed by atoms with Gasteiger partial charge in [-0.15, -0.1) is 11.3 Å². The van der Waals surface area contributed by atoms with Gasteiger partial charge in [0.15, 0.2) is 10.9 Å². The molecule has 0 saturated heterocycles. The Balaban J connectivity index is 1.44. The van der Waals surface area contributed by atoms with E-state index in [-0.39, 0.29) is 24.2 Å². The summed E-state index contributed by atoms with van der Waals surface area (Å²) in [5.41, 5.74) is 2.96. The van der Waals surface area contributed by atoms with Gasteiger partial charge in [0, 0.05) is 11.8 Å². The Labute approximate surface area is 182 Å². The number of Topliss-reactive ketones (excluding diaryl/α,β-unsaturated/α-hetero) is 1. The van der Waals surface area contributed by atoms with Crippen LogP contribution in [0.1, 0.15) is 27.2 Å². The molecule has 2 aromatic carbocycles. The molecule has 31 heavy (non-hydrogen) atoms. The number of thiazole rings is 2. The molecule has 10 heteroatoms. The minimum atomic E-state index is -4.46. The zero-order valence-electron chi connectivity index (χ0n) is 15.8. The lowest BCUT2D eigenvalue weighted by Crippen LogP contribution is -2.15. The number of carbonyl (C=O) groups is 2. The molecule has 0 radical (unpaired) electrons. The third-order valence-electron chi connectivity index (χ3n) is 4.40. The molecule has 4 rings (SSSR count). The highest BCUT2D eigenvalue weighted by Crippen LogP contribution is 2.30. The van der Waals surface area contributed by atoms with Gasteiger partial charge in [0.1, 0.15) is 5.69 Å². The molecule has 4 aromatic rings. The molecule has 158 valence electrons. The highest BCUT2D eigenvalue weighted by molar-refractivity contribution is 7.22. The molecule has 5 nitrogen and oxygen atoms in total. The van der Waals surface area contributed by atoms with Crippen LogP contribution in [0.5, 0.6) is 0 Å². The first-order valence-electron chi connectivity index (χ1n) is 9.05. The van der Waals surface area contributed by atoms with Gasteiger partial charge in [-0.05, 0) is 29.3 Å². The van der Waals surface area contributed by atoms with E-state index >= 15 is 0 Å². The number of nitrogens with zero attached hydrogens (tertiary/aromatic N) is 2. The first kappa shape index (κ1) is 21.1. The molecule has 0 unspecified atom stereocenters. The third-order valence-corrected chi connectivity index (χ3v) is 5.92. The second-order valence-electron chi connectivity index (χ2n) is 6.72. The van der Waals surface area contributed by atoms with Crippen LogP contribution in [0, 0.1) is 0 Å². The Morgan fingerprint density at radius 1 is 1.03 bits per heavy atom. The van der Waals surface area contributed by atoms with Gasteiger partial charge >= 0.3 is 6.18 Å². The highest BCUT2D eigenvalue weighted by Gasteiger charge is 2.30. The smallest absolute Gasteiger partial charge is 0.302 e. The van der Waals surface area contributed by atoms with E-state index in [2.05, 4.69) is 15.3 Å². The maximum absolute atomic E-state index is 12.8. The molecule has 0 spiro atoms. The number of ketones is 1. The fraction of sp³-hybridized carbons (Fsp3) is 0.143. The standard InChI is InChI=1S/C21H14F3N3O2S2/c22-21(23,24)14-3-1-2-12(6-14)9-19(29)27-20-26-15-5-4-13(8-18(15)31-20)7-17(28)16-10-30-11-25-16/h1-6,8,10-11H,7,9H2,(H,26,27,29). The van der Waals surface area contributed by atoms with E-state index < -0.39 is 17.6 Å². The van der Waals surface area contributed by atoms with E-state index in [0.717, 1.165) is 22.4 Å². The quantitative estimate of drug-likeness (QED) is 0.392. The molecule has 0 saturated carbocycles. The summed E-state index contributed by atoms with van der Waals surface area (Å²) < 4.78 is 39.3. The summed E-state index contributed by atoms with van der Waals surface area (Å²) in [6.45, 7) is 0. The van der Waals surface area contributed by atoms with E-state index in [1.165, 1.54) is 34.8 Å². The summed E-state index contributed by atoms with van der Waals surface area (Å²) in [7, 11) is 0. The van der Waals surface area contributed by atoms with Crippen LogP contribution in [-0.2, 0) is 23.8 Å². The summed E-state index contributed by atoms with van der Waals surface area (Å²) in [4.78, 5) is 32.9. The Morgan fingerprint density at radius 3 is 2.58 bits per heavy atom. The maximum atomic E-state index is 12.8. The summed E-state index contributed by atoms with van der Waals surface area (Å²) >= 11 is 2.59. The average Bonchev–Trinajstić information content (AvgIpc) is 3.36. The minimum Gasteiger partial charge on any atom is -0.302 e. The first-order chi connectivity index (χ1) is 14.8. The number of rotatable bonds is 6. The van der Waals surface area contributed by atoms with Gasteiger partial charge in [-0.25, -0.2) is 9.97 Å². The fourth-order valence-corrected chi connectivity index (χ4v) is 4.47. The van der Waals surface area contributed by atoms with Gasteiger partial charge in [0.25, 0.3) is 0 Å². The van der Waals surface area contributed by atoms with Crippen molar-refractivity contribution in [1.29, 1.82) is 0 Å². The van der Waals surface area contributed by atoms with Crippen molar-refractivity contribution in [2.75, 3.05) is 5.32 Å². The molecule has 1 N–H and O–H groups in total. The van der Waals surface area contributed by atoms with Crippen LogP contribution in [-0.4, -0.2) is 21.7 Å². The van der Waals surface area contributed by atoms with E-state index in [0.29, 0.717) is 16.3 Å². The van der Waals surface area contributed by atoms with Crippen molar-refractivity contribution in [3.05, 3.63) is 75.7 Å². The first-order valence-corrected chi connectivity index (χ1v) is 10.8. The predicted octanol–water partition coefficient (Wildman–Crippen LogP) is 5.38. The molecule has 0 aliphatic rings. The van der Waals surface area contributed by atoms with E-state index in [9.17, 15) is 22.8 Å². The normalized spacial score (nSPS) is 11.6. The second-order valence-corrected chi connectivity index (χ2v) is 8.47. The zero-order chi connectivity index (χ0) is 22.0. The molecule has 0 fully saturated rings. The van der Waals surface area contributed by atoms with Gasteiger partial charge in [-0.1, -0.05) is 35.6 Å². The number of aromatic nitrogens is 2. The van der Waals surface area contributed by atoms with Gasteiger partial charge in [0.2, 0.25) is 5.91 Å². The number of nitrogens with one attached hydrogen (secondary N) is 1. The van der Waals surface area contributed by atoms with Crippen LogP contribution in [0.4, 0.5) is 18.3 Å². The Hall–Kier alpha value is -3.11. The second kappa shape index (κ2) is 8.56. The maximum Gasteiger partial charge on any atom is 0.416 e. The summed E-state index contributed by atoms with van der Waals surface area (Å²) in [6.07, 6.45) is -4.46. The van der Waals surface area contributed by atoms with Gasteiger partial charge in [-0.3, -0.25) is 9.59 Å². The zero-order valence-corrected chi connectivity index (χ0v) is 17.4. The SMILES string of the molecule is O=C(Cc1cccc(C(F)(F)F)c1)Nc1nc2ccc(CC(=O)c3cscn3)cc2s1. The highest BCUT2D eigenvalue weighted by atomic mass is 32.1. The molecule has 2 aromatic heterocycles. The molecule has 0 atom stereocenters. The monoisotopic (exact) mass is 461 g/mol. The molecule has 0 bridgehead atoms. The fourth-order valence-electron chi connectivity index (χ4n) is 2.97. The van der Waals surface area contributed by atoms with E-state index in [4.69, 9.17) is 0 Å². The van der Waals surface area contributed by atoms with Crippen molar-refractivity contribution in [1.82, 2.24) is 9.97 Å². The number of halogens is 3.